The highest BCUT2D eigenvalue weighted by Gasteiger charge is 2.44. The Bertz CT molecular complexity index is 996. The number of sulfonamides is 1. The van der Waals surface area contributed by atoms with Crippen LogP contribution in [-0.4, -0.2) is 68.0 Å². The summed E-state index contributed by atoms with van der Waals surface area (Å²) < 4.78 is 44.8. The van der Waals surface area contributed by atoms with E-state index in [0.717, 1.165) is 30.9 Å². The summed E-state index contributed by atoms with van der Waals surface area (Å²) in [6, 6.07) is 8.28. The van der Waals surface area contributed by atoms with Gasteiger partial charge in [0.1, 0.15) is 17.8 Å². The van der Waals surface area contributed by atoms with Crippen molar-refractivity contribution in [1.29, 1.82) is 0 Å². The van der Waals surface area contributed by atoms with Gasteiger partial charge in [-0.05, 0) is 37.5 Å². The Morgan fingerprint density at radius 3 is 2.48 bits per heavy atom. The molecule has 4 rings (SSSR count). The van der Waals surface area contributed by atoms with Crippen molar-refractivity contribution in [3.05, 3.63) is 53.7 Å². The van der Waals surface area contributed by atoms with E-state index in [1.54, 1.807) is 6.07 Å². The summed E-state index contributed by atoms with van der Waals surface area (Å²) in [5, 5.41) is 7.03. The van der Waals surface area contributed by atoms with Gasteiger partial charge < -0.3 is 14.7 Å². The van der Waals surface area contributed by atoms with Crippen LogP contribution in [-0.2, 0) is 21.2 Å². The number of hydrogen-bond acceptors (Lipinski definition) is 5. The number of nitrogens with zero attached hydrogens (tertiary/aromatic N) is 4. The van der Waals surface area contributed by atoms with E-state index in [9.17, 15) is 12.8 Å². The van der Waals surface area contributed by atoms with Crippen LogP contribution in [0.2, 0.25) is 0 Å². The second-order valence-electron chi connectivity index (χ2n) is 8.09. The topological polar surface area (TPSA) is 91.0 Å². The quantitative estimate of drug-likeness (QED) is 0.513. The highest BCUT2D eigenvalue weighted by Crippen LogP contribution is 2.48. The number of rotatable bonds is 7. The van der Waals surface area contributed by atoms with E-state index in [2.05, 4.69) is 15.4 Å². The molecule has 0 unspecified atom stereocenters. The minimum absolute atomic E-state index is 0.0167. The summed E-state index contributed by atoms with van der Waals surface area (Å²) in [7, 11) is -3.44. The van der Waals surface area contributed by atoms with Crippen LogP contribution in [0.1, 0.15) is 31.0 Å². The maximum atomic E-state index is 13.3. The second-order valence-corrected chi connectivity index (χ2v) is 10.1. The second kappa shape index (κ2) is 8.96. The molecule has 0 radical (unpaired) electrons. The molecule has 2 heterocycles. The van der Waals surface area contributed by atoms with Gasteiger partial charge in [-0.3, -0.25) is 4.99 Å². The number of benzene rings is 1. The smallest absolute Gasteiger partial charge is 0.220 e. The zero-order chi connectivity index (χ0) is 21.9. The van der Waals surface area contributed by atoms with Crippen LogP contribution in [0.15, 0.2) is 46.1 Å². The number of hydrogen-bond donors (Lipinski definition) is 1. The summed E-state index contributed by atoms with van der Waals surface area (Å²) in [5.74, 6) is 0.412. The van der Waals surface area contributed by atoms with Gasteiger partial charge in [0.15, 0.2) is 5.96 Å². The fourth-order valence-corrected chi connectivity index (χ4v) is 5.34. The molecule has 0 bridgehead atoms. The summed E-state index contributed by atoms with van der Waals surface area (Å²) in [6.45, 7) is 5.29. The normalized spacial score (nSPS) is 19.4. The number of aromatic nitrogens is 1. The molecule has 0 spiro atoms. The first-order valence-electron chi connectivity index (χ1n) is 10.6. The van der Waals surface area contributed by atoms with Crippen LogP contribution >= 0.6 is 0 Å². The first-order chi connectivity index (χ1) is 14.9. The van der Waals surface area contributed by atoms with Crippen LogP contribution in [0.3, 0.4) is 0 Å². The van der Waals surface area contributed by atoms with E-state index in [-0.39, 0.29) is 17.0 Å². The molecule has 1 saturated heterocycles. The van der Waals surface area contributed by atoms with Crippen molar-refractivity contribution < 1.29 is 17.3 Å². The van der Waals surface area contributed by atoms with Gasteiger partial charge in [0.05, 0.1) is 12.2 Å². The summed E-state index contributed by atoms with van der Waals surface area (Å²) in [4.78, 5) is 6.97. The van der Waals surface area contributed by atoms with Crippen molar-refractivity contribution >= 4 is 16.0 Å². The minimum Gasteiger partial charge on any atom is -0.364 e. The lowest BCUT2D eigenvalue weighted by Gasteiger charge is -2.36. The van der Waals surface area contributed by atoms with Gasteiger partial charge in [-0.1, -0.05) is 17.3 Å². The van der Waals surface area contributed by atoms with E-state index in [4.69, 9.17) is 9.52 Å². The van der Waals surface area contributed by atoms with Gasteiger partial charge in [-0.15, -0.1) is 0 Å². The van der Waals surface area contributed by atoms with Crippen molar-refractivity contribution in [2.45, 2.75) is 30.9 Å². The zero-order valence-corrected chi connectivity index (χ0v) is 18.4. The van der Waals surface area contributed by atoms with Crippen LogP contribution < -0.4 is 5.32 Å². The summed E-state index contributed by atoms with van der Waals surface area (Å²) >= 11 is 0. The van der Waals surface area contributed by atoms with Crippen molar-refractivity contribution in [2.75, 3.05) is 39.3 Å². The molecular weight excluding hydrogens is 421 g/mol. The lowest BCUT2D eigenvalue weighted by molar-refractivity contribution is 0.259. The molecule has 1 aromatic carbocycles. The Hall–Kier alpha value is -2.46. The van der Waals surface area contributed by atoms with Gasteiger partial charge in [0.25, 0.3) is 0 Å². The maximum Gasteiger partial charge on any atom is 0.220 e. The molecule has 1 aliphatic heterocycles. The molecule has 0 amide bonds. The van der Waals surface area contributed by atoms with Gasteiger partial charge >= 0.3 is 0 Å². The SMILES string of the molecule is CCNC(=NCC1(c2ccc(F)cc2)CC1)N1CCN(S(=O)(=O)Cc2ccon2)CC1. The number of nitrogens with one attached hydrogen (secondary N) is 1. The molecular formula is C21H28FN5O3S. The van der Waals surface area contributed by atoms with Crippen molar-refractivity contribution in [3.8, 4) is 0 Å². The van der Waals surface area contributed by atoms with Crippen LogP contribution in [0.5, 0.6) is 0 Å². The standard InChI is InChI=1S/C21H28FN5O3S/c1-2-23-20(24-16-21(8-9-21)17-3-5-18(22)6-4-17)26-10-12-27(13-11-26)31(28,29)15-19-7-14-30-25-19/h3-7,14H,2,8-13,15-16H2,1H3,(H,23,24). The van der Waals surface area contributed by atoms with Gasteiger partial charge in [-0.25, -0.2) is 12.8 Å². The number of aliphatic imine (C=N–C) groups is 1. The number of guanidine groups is 1. The first-order valence-corrected chi connectivity index (χ1v) is 12.2. The van der Waals surface area contributed by atoms with Crippen LogP contribution in [0, 0.1) is 5.82 Å². The monoisotopic (exact) mass is 449 g/mol. The van der Waals surface area contributed by atoms with E-state index in [0.29, 0.717) is 38.4 Å². The Balaban J connectivity index is 1.39. The zero-order valence-electron chi connectivity index (χ0n) is 17.6. The highest BCUT2D eigenvalue weighted by atomic mass is 32.2. The Kier molecular flexibility index (Phi) is 6.29. The molecule has 1 saturated carbocycles. The van der Waals surface area contributed by atoms with E-state index >= 15 is 0 Å². The van der Waals surface area contributed by atoms with Crippen LogP contribution in [0.25, 0.3) is 0 Å². The molecule has 2 aromatic rings. The average molecular weight is 450 g/mol. The first kappa shape index (κ1) is 21.8. The largest absolute Gasteiger partial charge is 0.364 e. The fourth-order valence-electron chi connectivity index (χ4n) is 3.91. The number of piperazine rings is 1. The molecule has 8 nitrogen and oxygen atoms in total. The number of halogens is 1. The average Bonchev–Trinajstić information content (AvgIpc) is 3.39. The third-order valence-corrected chi connectivity index (χ3v) is 7.74. The Labute approximate surface area is 182 Å². The third kappa shape index (κ3) is 5.07. The molecule has 1 N–H and O–H groups in total. The lowest BCUT2D eigenvalue weighted by atomic mass is 9.96. The van der Waals surface area contributed by atoms with Gasteiger partial charge in [0.2, 0.25) is 10.0 Å². The Morgan fingerprint density at radius 1 is 1.19 bits per heavy atom. The van der Waals surface area contributed by atoms with E-state index in [1.807, 2.05) is 19.1 Å². The third-order valence-electron chi connectivity index (χ3n) is 5.93. The van der Waals surface area contributed by atoms with Crippen molar-refractivity contribution in [2.24, 2.45) is 4.99 Å². The predicted octanol–water partition coefficient (Wildman–Crippen LogP) is 1.96. The summed E-state index contributed by atoms with van der Waals surface area (Å²) in [5.41, 5.74) is 1.52. The van der Waals surface area contributed by atoms with Crippen molar-refractivity contribution in [1.82, 2.24) is 19.7 Å². The molecule has 10 heteroatoms. The molecule has 2 fully saturated rings. The molecule has 1 aromatic heterocycles. The van der Waals surface area contributed by atoms with Crippen molar-refractivity contribution in [3.63, 3.8) is 0 Å². The lowest BCUT2D eigenvalue weighted by Crippen LogP contribution is -2.54. The molecule has 168 valence electrons. The molecule has 1 aliphatic carbocycles. The van der Waals surface area contributed by atoms with Gasteiger partial charge in [-0.2, -0.15) is 4.31 Å². The summed E-state index contributed by atoms with van der Waals surface area (Å²) in [6.07, 6.45) is 3.45. The highest BCUT2D eigenvalue weighted by molar-refractivity contribution is 7.88. The van der Waals surface area contributed by atoms with Crippen LogP contribution in [0.4, 0.5) is 4.39 Å². The fraction of sp³-hybridized carbons (Fsp3) is 0.524. The van der Waals surface area contributed by atoms with E-state index < -0.39 is 10.0 Å². The molecule has 0 atom stereocenters. The van der Waals surface area contributed by atoms with Gasteiger partial charge in [0, 0.05) is 44.2 Å². The molecule has 31 heavy (non-hydrogen) atoms. The van der Waals surface area contributed by atoms with E-state index in [1.165, 1.54) is 22.7 Å². The maximum absolute atomic E-state index is 13.3. The molecule has 2 aliphatic rings. The Morgan fingerprint density at radius 2 is 1.90 bits per heavy atom. The minimum atomic E-state index is -3.44. The predicted molar refractivity (Wildman–Crippen MR) is 116 cm³/mol.